The fraction of sp³-hybridized carbons (Fsp3) is 0.316. The first-order valence-electron chi connectivity index (χ1n) is 7.95. The predicted molar refractivity (Wildman–Crippen MR) is 93.8 cm³/mol. The van der Waals surface area contributed by atoms with Gasteiger partial charge in [-0.2, -0.15) is 0 Å². The van der Waals surface area contributed by atoms with E-state index in [4.69, 9.17) is 4.74 Å². The molecule has 2 N–H and O–H groups in total. The summed E-state index contributed by atoms with van der Waals surface area (Å²) in [6.45, 7) is 3.39. The molecule has 2 aromatic carbocycles. The van der Waals surface area contributed by atoms with Crippen LogP contribution in [0.4, 0.5) is 5.69 Å². The molecule has 0 bridgehead atoms. The molecule has 4 nitrogen and oxygen atoms in total. The van der Waals surface area contributed by atoms with Crippen LogP contribution in [0, 0.1) is 0 Å². The number of benzene rings is 2. The molecule has 23 heavy (non-hydrogen) atoms. The highest BCUT2D eigenvalue weighted by Crippen LogP contribution is 2.17. The van der Waals surface area contributed by atoms with Crippen LogP contribution in [-0.4, -0.2) is 19.6 Å². The highest BCUT2D eigenvalue weighted by atomic mass is 16.5. The third kappa shape index (κ3) is 5.11. The molecule has 0 fully saturated rings. The average Bonchev–Trinajstić information content (AvgIpc) is 2.59. The summed E-state index contributed by atoms with van der Waals surface area (Å²) in [6.07, 6.45) is 1.34. The molecular weight excluding hydrogens is 288 g/mol. The number of methoxy groups -OCH3 is 1. The number of ether oxygens (including phenoxy) is 1. The monoisotopic (exact) mass is 312 g/mol. The summed E-state index contributed by atoms with van der Waals surface area (Å²) in [6, 6.07) is 15.8. The van der Waals surface area contributed by atoms with Crippen LogP contribution in [0.5, 0.6) is 5.75 Å². The van der Waals surface area contributed by atoms with Gasteiger partial charge in [0.15, 0.2) is 0 Å². The number of aryl methyl sites for hydroxylation is 1. The lowest BCUT2D eigenvalue weighted by Gasteiger charge is -2.11. The van der Waals surface area contributed by atoms with Gasteiger partial charge in [-0.05, 0) is 24.1 Å². The number of rotatable bonds is 8. The zero-order chi connectivity index (χ0) is 16.5. The van der Waals surface area contributed by atoms with Crippen molar-refractivity contribution in [1.29, 1.82) is 0 Å². The summed E-state index contributed by atoms with van der Waals surface area (Å²) < 4.78 is 5.31. The second kappa shape index (κ2) is 8.96. The van der Waals surface area contributed by atoms with Gasteiger partial charge in [0.25, 0.3) is 0 Å². The number of hydrogen-bond donors (Lipinski definition) is 2. The van der Waals surface area contributed by atoms with Crippen molar-refractivity contribution >= 4 is 11.6 Å². The number of amides is 1. The molecule has 0 spiro atoms. The molecular formula is C19H24N2O2. The Morgan fingerprint density at radius 2 is 1.74 bits per heavy atom. The third-order valence-electron chi connectivity index (χ3n) is 3.71. The largest absolute Gasteiger partial charge is 0.496 e. The van der Waals surface area contributed by atoms with Crippen LogP contribution in [-0.2, 0) is 17.8 Å². The predicted octanol–water partition coefficient (Wildman–Crippen LogP) is 3.38. The molecule has 1 amide bonds. The van der Waals surface area contributed by atoms with E-state index in [0.717, 1.165) is 29.0 Å². The lowest BCUT2D eigenvalue weighted by atomic mass is 10.1. The van der Waals surface area contributed by atoms with Crippen LogP contribution < -0.4 is 15.4 Å². The number of para-hydroxylation sites is 2. The third-order valence-corrected chi connectivity index (χ3v) is 3.71. The molecule has 0 aliphatic carbocycles. The summed E-state index contributed by atoms with van der Waals surface area (Å²) in [5.74, 6) is 0.889. The van der Waals surface area contributed by atoms with Crippen LogP contribution in [0.3, 0.4) is 0 Å². The Morgan fingerprint density at radius 3 is 2.48 bits per heavy atom. The topological polar surface area (TPSA) is 50.4 Å². The highest BCUT2D eigenvalue weighted by Gasteiger charge is 2.06. The zero-order valence-corrected chi connectivity index (χ0v) is 13.8. The molecule has 2 rings (SSSR count). The molecule has 0 saturated carbocycles. The van der Waals surface area contributed by atoms with Gasteiger partial charge in [0.05, 0.1) is 7.11 Å². The fourth-order valence-corrected chi connectivity index (χ4v) is 2.44. The maximum Gasteiger partial charge on any atom is 0.225 e. The molecule has 0 saturated heterocycles. The Balaban J connectivity index is 1.77. The molecule has 122 valence electrons. The number of nitrogens with one attached hydrogen (secondary N) is 2. The van der Waals surface area contributed by atoms with Crippen LogP contribution >= 0.6 is 0 Å². The molecule has 0 atom stereocenters. The van der Waals surface area contributed by atoms with Gasteiger partial charge in [-0.15, -0.1) is 0 Å². The van der Waals surface area contributed by atoms with Crippen LogP contribution in [0.2, 0.25) is 0 Å². The minimum absolute atomic E-state index is 0.0263. The van der Waals surface area contributed by atoms with Gasteiger partial charge in [-0.25, -0.2) is 0 Å². The van der Waals surface area contributed by atoms with Crippen molar-refractivity contribution in [2.45, 2.75) is 26.3 Å². The first-order valence-corrected chi connectivity index (χ1v) is 7.95. The second-order valence-corrected chi connectivity index (χ2v) is 5.30. The van der Waals surface area contributed by atoms with E-state index in [1.165, 1.54) is 0 Å². The number of anilines is 1. The Hall–Kier alpha value is -2.33. The Labute approximate surface area is 137 Å². The minimum atomic E-state index is 0.0263. The van der Waals surface area contributed by atoms with Gasteiger partial charge in [-0.3, -0.25) is 4.79 Å². The van der Waals surface area contributed by atoms with Gasteiger partial charge >= 0.3 is 0 Å². The first kappa shape index (κ1) is 17.0. The van der Waals surface area contributed by atoms with Crippen molar-refractivity contribution in [3.05, 3.63) is 59.7 Å². The summed E-state index contributed by atoms with van der Waals surface area (Å²) >= 11 is 0. The lowest BCUT2D eigenvalue weighted by molar-refractivity contribution is -0.116. The van der Waals surface area contributed by atoms with Crippen molar-refractivity contribution in [3.8, 4) is 5.75 Å². The van der Waals surface area contributed by atoms with Gasteiger partial charge in [0, 0.05) is 30.8 Å². The van der Waals surface area contributed by atoms with E-state index in [9.17, 15) is 4.79 Å². The van der Waals surface area contributed by atoms with Crippen molar-refractivity contribution in [2.75, 3.05) is 19.0 Å². The van der Waals surface area contributed by atoms with E-state index in [0.29, 0.717) is 19.5 Å². The molecule has 0 aliphatic rings. The lowest BCUT2D eigenvalue weighted by Crippen LogP contribution is -2.22. The van der Waals surface area contributed by atoms with Gasteiger partial charge in [0.1, 0.15) is 5.75 Å². The molecule has 0 heterocycles. The Morgan fingerprint density at radius 1 is 1.04 bits per heavy atom. The molecule has 0 radical (unpaired) electrons. The SMILES string of the molecule is CCc1ccccc1NC(=O)CCNCc1ccccc1OC. The van der Waals surface area contributed by atoms with Gasteiger partial charge in [0.2, 0.25) is 5.91 Å². The first-order chi connectivity index (χ1) is 11.2. The van der Waals surface area contributed by atoms with E-state index >= 15 is 0 Å². The van der Waals surface area contributed by atoms with Crippen molar-refractivity contribution in [2.24, 2.45) is 0 Å². The Bertz CT molecular complexity index is 641. The van der Waals surface area contributed by atoms with Gasteiger partial charge in [-0.1, -0.05) is 43.3 Å². The Kier molecular flexibility index (Phi) is 6.63. The maximum atomic E-state index is 12.0. The van der Waals surface area contributed by atoms with E-state index in [2.05, 4.69) is 17.6 Å². The standard InChI is InChI=1S/C19H24N2O2/c1-3-15-8-4-6-10-17(15)21-19(22)12-13-20-14-16-9-5-7-11-18(16)23-2/h4-11,20H,3,12-14H2,1-2H3,(H,21,22). The molecule has 2 aromatic rings. The quantitative estimate of drug-likeness (QED) is 0.735. The number of carbonyl (C=O) groups excluding carboxylic acids is 1. The molecule has 0 aromatic heterocycles. The van der Waals surface area contributed by atoms with Crippen LogP contribution in [0.1, 0.15) is 24.5 Å². The smallest absolute Gasteiger partial charge is 0.225 e. The van der Waals surface area contributed by atoms with Crippen LogP contribution in [0.15, 0.2) is 48.5 Å². The molecule has 4 heteroatoms. The summed E-state index contributed by atoms with van der Waals surface area (Å²) in [7, 11) is 1.66. The number of carbonyl (C=O) groups is 1. The summed E-state index contributed by atoms with van der Waals surface area (Å²) in [5.41, 5.74) is 3.15. The van der Waals surface area contributed by atoms with Gasteiger partial charge < -0.3 is 15.4 Å². The second-order valence-electron chi connectivity index (χ2n) is 5.30. The highest BCUT2D eigenvalue weighted by molar-refractivity contribution is 5.91. The minimum Gasteiger partial charge on any atom is -0.496 e. The summed E-state index contributed by atoms with van der Waals surface area (Å²) in [5, 5.41) is 6.26. The fourth-order valence-electron chi connectivity index (χ4n) is 2.44. The van der Waals surface area contributed by atoms with Crippen molar-refractivity contribution in [1.82, 2.24) is 5.32 Å². The zero-order valence-electron chi connectivity index (χ0n) is 13.8. The van der Waals surface area contributed by atoms with E-state index in [-0.39, 0.29) is 5.91 Å². The van der Waals surface area contributed by atoms with Crippen molar-refractivity contribution < 1.29 is 9.53 Å². The van der Waals surface area contributed by atoms with E-state index in [1.54, 1.807) is 7.11 Å². The van der Waals surface area contributed by atoms with Crippen molar-refractivity contribution in [3.63, 3.8) is 0 Å². The average molecular weight is 312 g/mol. The summed E-state index contributed by atoms with van der Waals surface area (Å²) in [4.78, 5) is 12.0. The number of hydrogen-bond acceptors (Lipinski definition) is 3. The van der Waals surface area contributed by atoms with E-state index in [1.807, 2.05) is 48.5 Å². The normalized spacial score (nSPS) is 10.3. The van der Waals surface area contributed by atoms with Crippen LogP contribution in [0.25, 0.3) is 0 Å². The van der Waals surface area contributed by atoms with E-state index < -0.39 is 0 Å². The molecule has 0 aliphatic heterocycles. The molecule has 0 unspecified atom stereocenters. The maximum absolute atomic E-state index is 12.0.